The van der Waals surface area contributed by atoms with Gasteiger partial charge in [0, 0.05) is 5.92 Å². The standard InChI is InChI=1S/C20H22FNO3/c1-14(11-12-15-7-5-6-10-17(15)21)20(25)22-18(13-19(23)24)16-8-3-2-4-9-16/h2-10,14,18H,11-13H2,1H3,(H,22,25)(H,23,24). The average Bonchev–Trinajstić information content (AvgIpc) is 2.60. The van der Waals surface area contributed by atoms with Crippen molar-refractivity contribution in [3.63, 3.8) is 0 Å². The van der Waals surface area contributed by atoms with Crippen molar-refractivity contribution in [2.45, 2.75) is 32.2 Å². The van der Waals surface area contributed by atoms with E-state index in [1.54, 1.807) is 49.4 Å². The topological polar surface area (TPSA) is 66.4 Å². The Hall–Kier alpha value is -2.69. The fourth-order valence-electron chi connectivity index (χ4n) is 2.63. The first-order valence-corrected chi connectivity index (χ1v) is 8.28. The van der Waals surface area contributed by atoms with Crippen LogP contribution in [0.2, 0.25) is 0 Å². The molecule has 5 heteroatoms. The smallest absolute Gasteiger partial charge is 0.305 e. The van der Waals surface area contributed by atoms with E-state index < -0.39 is 12.0 Å². The molecular weight excluding hydrogens is 321 g/mol. The SMILES string of the molecule is CC(CCc1ccccc1F)C(=O)NC(CC(=O)O)c1ccccc1. The van der Waals surface area contributed by atoms with E-state index in [9.17, 15) is 14.0 Å². The van der Waals surface area contributed by atoms with Gasteiger partial charge in [0.05, 0.1) is 12.5 Å². The van der Waals surface area contributed by atoms with Crippen molar-refractivity contribution in [1.29, 1.82) is 0 Å². The van der Waals surface area contributed by atoms with Crippen molar-refractivity contribution in [3.8, 4) is 0 Å². The zero-order chi connectivity index (χ0) is 18.2. The number of carbonyl (C=O) groups is 2. The normalized spacial score (nSPS) is 13.0. The summed E-state index contributed by atoms with van der Waals surface area (Å²) in [7, 11) is 0. The summed E-state index contributed by atoms with van der Waals surface area (Å²) in [5, 5.41) is 11.9. The minimum atomic E-state index is -0.979. The van der Waals surface area contributed by atoms with Crippen LogP contribution < -0.4 is 5.32 Å². The number of rotatable bonds is 8. The summed E-state index contributed by atoms with van der Waals surface area (Å²) in [4.78, 5) is 23.5. The Balaban J connectivity index is 1.97. The summed E-state index contributed by atoms with van der Waals surface area (Å²) >= 11 is 0. The van der Waals surface area contributed by atoms with Crippen molar-refractivity contribution in [3.05, 3.63) is 71.5 Å². The molecule has 2 N–H and O–H groups in total. The summed E-state index contributed by atoms with van der Waals surface area (Å²) < 4.78 is 13.7. The number of carboxylic acid groups (broad SMARTS) is 1. The summed E-state index contributed by atoms with van der Waals surface area (Å²) in [5.74, 6) is -1.83. The van der Waals surface area contributed by atoms with Gasteiger partial charge in [-0.15, -0.1) is 0 Å². The first-order chi connectivity index (χ1) is 12.0. The summed E-state index contributed by atoms with van der Waals surface area (Å²) in [6.45, 7) is 1.76. The minimum absolute atomic E-state index is 0.185. The van der Waals surface area contributed by atoms with Gasteiger partial charge in [0.2, 0.25) is 5.91 Å². The second-order valence-corrected chi connectivity index (χ2v) is 6.10. The van der Waals surface area contributed by atoms with Crippen LogP contribution in [0, 0.1) is 11.7 Å². The van der Waals surface area contributed by atoms with Crippen LogP contribution in [0.3, 0.4) is 0 Å². The predicted octanol–water partition coefficient (Wildman–Crippen LogP) is 3.73. The lowest BCUT2D eigenvalue weighted by Gasteiger charge is -2.20. The van der Waals surface area contributed by atoms with Crippen LogP contribution >= 0.6 is 0 Å². The Labute approximate surface area is 146 Å². The van der Waals surface area contributed by atoms with Gasteiger partial charge >= 0.3 is 5.97 Å². The molecule has 0 saturated carbocycles. The highest BCUT2D eigenvalue weighted by Crippen LogP contribution is 2.19. The fraction of sp³-hybridized carbons (Fsp3) is 0.300. The molecule has 0 spiro atoms. The zero-order valence-electron chi connectivity index (χ0n) is 14.1. The van der Waals surface area contributed by atoms with Crippen LogP contribution in [-0.4, -0.2) is 17.0 Å². The van der Waals surface area contributed by atoms with E-state index in [1.807, 2.05) is 6.07 Å². The maximum atomic E-state index is 13.7. The predicted molar refractivity (Wildman–Crippen MR) is 93.5 cm³/mol. The fourth-order valence-corrected chi connectivity index (χ4v) is 2.63. The highest BCUT2D eigenvalue weighted by atomic mass is 19.1. The lowest BCUT2D eigenvalue weighted by atomic mass is 9.98. The number of amides is 1. The van der Waals surface area contributed by atoms with E-state index in [0.717, 1.165) is 5.56 Å². The zero-order valence-corrected chi connectivity index (χ0v) is 14.1. The third-order valence-electron chi connectivity index (χ3n) is 4.15. The molecule has 2 unspecified atom stereocenters. The van der Waals surface area contributed by atoms with Gasteiger partial charge in [0.25, 0.3) is 0 Å². The van der Waals surface area contributed by atoms with Crippen LogP contribution in [0.1, 0.15) is 36.9 Å². The minimum Gasteiger partial charge on any atom is -0.481 e. The van der Waals surface area contributed by atoms with Gasteiger partial charge in [-0.25, -0.2) is 4.39 Å². The number of hydrogen-bond donors (Lipinski definition) is 2. The van der Waals surface area contributed by atoms with Gasteiger partial charge in [0.15, 0.2) is 0 Å². The van der Waals surface area contributed by atoms with Gasteiger partial charge in [-0.2, -0.15) is 0 Å². The van der Waals surface area contributed by atoms with Crippen LogP contribution in [-0.2, 0) is 16.0 Å². The quantitative estimate of drug-likeness (QED) is 0.767. The molecule has 4 nitrogen and oxygen atoms in total. The molecule has 0 fully saturated rings. The molecule has 25 heavy (non-hydrogen) atoms. The van der Waals surface area contributed by atoms with Crippen molar-refractivity contribution in [1.82, 2.24) is 5.32 Å². The third kappa shape index (κ3) is 5.71. The molecule has 0 aliphatic rings. The molecule has 0 aromatic heterocycles. The van der Waals surface area contributed by atoms with Gasteiger partial charge in [-0.1, -0.05) is 55.5 Å². The lowest BCUT2D eigenvalue weighted by Crippen LogP contribution is -2.34. The number of carbonyl (C=O) groups excluding carboxylic acids is 1. The molecule has 0 aliphatic heterocycles. The van der Waals surface area contributed by atoms with Crippen molar-refractivity contribution >= 4 is 11.9 Å². The average molecular weight is 343 g/mol. The van der Waals surface area contributed by atoms with E-state index in [1.165, 1.54) is 6.07 Å². The third-order valence-corrected chi connectivity index (χ3v) is 4.15. The molecular formula is C20H22FNO3. The molecule has 0 bridgehead atoms. The van der Waals surface area contributed by atoms with Crippen molar-refractivity contribution < 1.29 is 19.1 Å². The monoisotopic (exact) mass is 343 g/mol. The number of aliphatic carboxylic acids is 1. The van der Waals surface area contributed by atoms with Crippen LogP contribution in [0.15, 0.2) is 54.6 Å². The number of halogens is 1. The molecule has 2 aromatic carbocycles. The first-order valence-electron chi connectivity index (χ1n) is 8.28. The molecule has 0 aliphatic carbocycles. The molecule has 132 valence electrons. The van der Waals surface area contributed by atoms with E-state index in [-0.39, 0.29) is 24.1 Å². The molecule has 2 aromatic rings. The van der Waals surface area contributed by atoms with Gasteiger partial charge in [-0.05, 0) is 30.0 Å². The first kappa shape index (κ1) is 18.6. The lowest BCUT2D eigenvalue weighted by molar-refractivity contribution is -0.137. The molecule has 1 amide bonds. The van der Waals surface area contributed by atoms with Crippen LogP contribution in [0.25, 0.3) is 0 Å². The summed E-state index contributed by atoms with van der Waals surface area (Å²) in [6, 6.07) is 14.9. The van der Waals surface area contributed by atoms with Crippen molar-refractivity contribution in [2.75, 3.05) is 0 Å². The molecule has 0 radical (unpaired) electrons. The molecule has 0 saturated heterocycles. The second kappa shape index (κ2) is 8.97. The number of nitrogens with one attached hydrogen (secondary N) is 1. The molecule has 0 heterocycles. The van der Waals surface area contributed by atoms with E-state index in [2.05, 4.69) is 5.32 Å². The number of hydrogen-bond acceptors (Lipinski definition) is 2. The Morgan fingerprint density at radius 2 is 1.72 bits per heavy atom. The Kier molecular flexibility index (Phi) is 6.69. The number of benzene rings is 2. The van der Waals surface area contributed by atoms with Crippen LogP contribution in [0.4, 0.5) is 4.39 Å². The number of carboxylic acids is 1. The Morgan fingerprint density at radius 3 is 2.36 bits per heavy atom. The highest BCUT2D eigenvalue weighted by molar-refractivity contribution is 5.79. The summed E-state index contributed by atoms with van der Waals surface area (Å²) in [5.41, 5.74) is 1.33. The van der Waals surface area contributed by atoms with Gasteiger partial charge < -0.3 is 10.4 Å². The maximum Gasteiger partial charge on any atom is 0.305 e. The second-order valence-electron chi connectivity index (χ2n) is 6.10. The largest absolute Gasteiger partial charge is 0.481 e. The molecule has 2 rings (SSSR count). The van der Waals surface area contributed by atoms with E-state index in [0.29, 0.717) is 18.4 Å². The molecule has 2 atom stereocenters. The van der Waals surface area contributed by atoms with E-state index >= 15 is 0 Å². The Morgan fingerprint density at radius 1 is 1.08 bits per heavy atom. The summed E-state index contributed by atoms with van der Waals surface area (Å²) in [6.07, 6.45) is 0.757. The number of aryl methyl sites for hydroxylation is 1. The Bertz CT molecular complexity index is 718. The van der Waals surface area contributed by atoms with Crippen molar-refractivity contribution in [2.24, 2.45) is 5.92 Å². The van der Waals surface area contributed by atoms with Gasteiger partial charge in [-0.3, -0.25) is 9.59 Å². The highest BCUT2D eigenvalue weighted by Gasteiger charge is 2.21. The van der Waals surface area contributed by atoms with Crippen LogP contribution in [0.5, 0.6) is 0 Å². The van der Waals surface area contributed by atoms with Gasteiger partial charge in [0.1, 0.15) is 5.82 Å². The van der Waals surface area contributed by atoms with E-state index in [4.69, 9.17) is 5.11 Å². The maximum absolute atomic E-state index is 13.7.